The van der Waals surface area contributed by atoms with Gasteiger partial charge in [0.2, 0.25) is 0 Å². The van der Waals surface area contributed by atoms with Crippen molar-refractivity contribution in [2.45, 2.75) is 46.5 Å². The summed E-state index contributed by atoms with van der Waals surface area (Å²) in [6.07, 6.45) is -0.428. The minimum absolute atomic E-state index is 0.428. The van der Waals surface area contributed by atoms with Crippen LogP contribution in [0.25, 0.3) is 0 Å². The van der Waals surface area contributed by atoms with E-state index in [1.807, 2.05) is 13.8 Å². The first-order valence-electron chi connectivity index (χ1n) is 5.90. The van der Waals surface area contributed by atoms with Crippen molar-refractivity contribution < 1.29 is 4.43 Å². The Hall–Kier alpha value is -1.11. The van der Waals surface area contributed by atoms with E-state index < -0.39 is 14.4 Å². The summed E-state index contributed by atoms with van der Waals surface area (Å²) >= 11 is 0. The highest BCUT2D eigenvalue weighted by Crippen LogP contribution is 2.28. The highest BCUT2D eigenvalue weighted by Gasteiger charge is 2.24. The average molecular weight is 247 g/mol. The molecule has 0 bridgehead atoms. The minimum atomic E-state index is -1.71. The van der Waals surface area contributed by atoms with Gasteiger partial charge in [-0.1, -0.05) is 17.7 Å². The van der Waals surface area contributed by atoms with Crippen LogP contribution in [0.5, 0.6) is 0 Å². The maximum Gasteiger partial charge on any atom is 0.186 e. The van der Waals surface area contributed by atoms with E-state index in [1.54, 1.807) is 0 Å². The number of nitrogens with zero attached hydrogens (tertiary/aromatic N) is 1. The van der Waals surface area contributed by atoms with Crippen LogP contribution in [0.1, 0.15) is 28.4 Å². The maximum atomic E-state index is 9.31. The standard InChI is InChI=1S/C14H21NOSi/c1-10-7-11(2)14(12(3)8-10)13(9-15)16-17(4,5)6/h7-8,13H,1-6H3. The van der Waals surface area contributed by atoms with Crippen LogP contribution in [-0.4, -0.2) is 8.32 Å². The Morgan fingerprint density at radius 2 is 1.59 bits per heavy atom. The fraction of sp³-hybridized carbons (Fsp3) is 0.500. The predicted octanol–water partition coefficient (Wildman–Crippen LogP) is 4.03. The second-order valence-electron chi connectivity index (χ2n) is 5.55. The Kier molecular flexibility index (Phi) is 4.13. The molecule has 0 saturated heterocycles. The first-order valence-corrected chi connectivity index (χ1v) is 9.30. The van der Waals surface area contributed by atoms with E-state index in [-0.39, 0.29) is 0 Å². The van der Waals surface area contributed by atoms with Crippen LogP contribution in [0, 0.1) is 32.1 Å². The van der Waals surface area contributed by atoms with E-state index in [1.165, 1.54) is 5.56 Å². The quantitative estimate of drug-likeness (QED) is 0.756. The molecule has 3 heteroatoms. The summed E-state index contributed by atoms with van der Waals surface area (Å²) in [5, 5.41) is 9.31. The van der Waals surface area contributed by atoms with Crippen molar-refractivity contribution in [1.82, 2.24) is 0 Å². The van der Waals surface area contributed by atoms with Crippen molar-refractivity contribution in [3.63, 3.8) is 0 Å². The number of benzene rings is 1. The number of hydrogen-bond donors (Lipinski definition) is 0. The molecule has 0 aromatic heterocycles. The minimum Gasteiger partial charge on any atom is -0.399 e. The molecule has 92 valence electrons. The van der Waals surface area contributed by atoms with Crippen LogP contribution in [0.15, 0.2) is 12.1 Å². The summed E-state index contributed by atoms with van der Waals surface area (Å²) < 4.78 is 5.95. The molecule has 0 fully saturated rings. The lowest BCUT2D eigenvalue weighted by Crippen LogP contribution is -2.28. The van der Waals surface area contributed by atoms with E-state index in [2.05, 4.69) is 44.8 Å². The lowest BCUT2D eigenvalue weighted by atomic mass is 9.96. The van der Waals surface area contributed by atoms with Gasteiger partial charge in [-0.15, -0.1) is 0 Å². The number of rotatable bonds is 3. The van der Waals surface area contributed by atoms with Gasteiger partial charge in [-0.2, -0.15) is 5.26 Å². The van der Waals surface area contributed by atoms with Crippen molar-refractivity contribution in [3.8, 4) is 6.07 Å². The predicted molar refractivity (Wildman–Crippen MR) is 73.4 cm³/mol. The number of hydrogen-bond acceptors (Lipinski definition) is 2. The molecule has 0 aliphatic rings. The molecule has 1 aromatic rings. The molecule has 2 nitrogen and oxygen atoms in total. The lowest BCUT2D eigenvalue weighted by molar-refractivity contribution is 0.253. The Balaban J connectivity index is 3.18. The SMILES string of the molecule is Cc1cc(C)c(C(C#N)O[Si](C)(C)C)c(C)c1. The highest BCUT2D eigenvalue weighted by molar-refractivity contribution is 6.69. The Bertz CT molecular complexity index is 431. The summed E-state index contributed by atoms with van der Waals surface area (Å²) in [5.41, 5.74) is 4.56. The van der Waals surface area contributed by atoms with Crippen LogP contribution < -0.4 is 0 Å². The van der Waals surface area contributed by atoms with Gasteiger partial charge in [0.25, 0.3) is 0 Å². The molecule has 1 atom stereocenters. The van der Waals surface area contributed by atoms with E-state index in [0.717, 1.165) is 16.7 Å². The van der Waals surface area contributed by atoms with Gasteiger partial charge in [-0.25, -0.2) is 0 Å². The normalized spacial score (nSPS) is 13.2. The molecular weight excluding hydrogens is 226 g/mol. The van der Waals surface area contributed by atoms with Crippen LogP contribution >= 0.6 is 0 Å². The van der Waals surface area contributed by atoms with Gasteiger partial charge < -0.3 is 4.43 Å². The van der Waals surface area contributed by atoms with Gasteiger partial charge in [0.05, 0.1) is 6.07 Å². The van der Waals surface area contributed by atoms with E-state index in [9.17, 15) is 5.26 Å². The smallest absolute Gasteiger partial charge is 0.186 e. The van der Waals surface area contributed by atoms with E-state index in [0.29, 0.717) is 0 Å². The molecule has 1 aromatic carbocycles. The summed E-state index contributed by atoms with van der Waals surface area (Å²) in [6, 6.07) is 6.51. The fourth-order valence-electron chi connectivity index (χ4n) is 2.11. The van der Waals surface area contributed by atoms with Crippen LogP contribution in [0.4, 0.5) is 0 Å². The van der Waals surface area contributed by atoms with E-state index in [4.69, 9.17) is 4.43 Å². The van der Waals surface area contributed by atoms with Gasteiger partial charge in [-0.3, -0.25) is 0 Å². The van der Waals surface area contributed by atoms with Crippen molar-refractivity contribution in [2.24, 2.45) is 0 Å². The van der Waals surface area contributed by atoms with Crippen molar-refractivity contribution in [3.05, 3.63) is 34.4 Å². The van der Waals surface area contributed by atoms with Gasteiger partial charge in [0.1, 0.15) is 0 Å². The van der Waals surface area contributed by atoms with Crippen LogP contribution in [-0.2, 0) is 4.43 Å². The third kappa shape index (κ3) is 3.69. The zero-order chi connectivity index (χ0) is 13.2. The molecule has 0 spiro atoms. The molecular formula is C14H21NOSi. The van der Waals surface area contributed by atoms with Crippen molar-refractivity contribution >= 4 is 8.32 Å². The zero-order valence-corrected chi connectivity index (χ0v) is 12.6. The highest BCUT2D eigenvalue weighted by atomic mass is 28.4. The number of aryl methyl sites for hydroxylation is 3. The second-order valence-corrected chi connectivity index (χ2v) is 10.0. The number of nitriles is 1. The molecule has 17 heavy (non-hydrogen) atoms. The topological polar surface area (TPSA) is 33.0 Å². The summed E-state index contributed by atoms with van der Waals surface area (Å²) in [7, 11) is -1.71. The molecule has 1 rings (SSSR count). The van der Waals surface area contributed by atoms with E-state index >= 15 is 0 Å². The summed E-state index contributed by atoms with van der Waals surface area (Å²) in [4.78, 5) is 0. The summed E-state index contributed by atoms with van der Waals surface area (Å²) in [6.45, 7) is 12.5. The average Bonchev–Trinajstić information content (AvgIpc) is 2.12. The van der Waals surface area contributed by atoms with Gasteiger partial charge >= 0.3 is 0 Å². The van der Waals surface area contributed by atoms with Crippen molar-refractivity contribution in [1.29, 1.82) is 5.26 Å². The molecule has 0 aliphatic heterocycles. The van der Waals surface area contributed by atoms with Crippen LogP contribution in [0.3, 0.4) is 0 Å². The first-order chi connectivity index (χ1) is 7.74. The largest absolute Gasteiger partial charge is 0.399 e. The molecule has 0 radical (unpaired) electrons. The summed E-state index contributed by atoms with van der Waals surface area (Å²) in [5.74, 6) is 0. The van der Waals surface area contributed by atoms with Gasteiger partial charge in [-0.05, 0) is 57.1 Å². The lowest BCUT2D eigenvalue weighted by Gasteiger charge is -2.24. The molecule has 0 N–H and O–H groups in total. The first kappa shape index (κ1) is 13.9. The Labute approximate surface area is 105 Å². The van der Waals surface area contributed by atoms with Gasteiger partial charge in [0.15, 0.2) is 14.4 Å². The van der Waals surface area contributed by atoms with Gasteiger partial charge in [0, 0.05) is 0 Å². The molecule has 1 unspecified atom stereocenters. The second kappa shape index (κ2) is 5.03. The Morgan fingerprint density at radius 3 is 1.94 bits per heavy atom. The molecule has 0 saturated carbocycles. The molecule has 0 heterocycles. The third-order valence-electron chi connectivity index (χ3n) is 2.59. The monoisotopic (exact) mass is 247 g/mol. The fourth-order valence-corrected chi connectivity index (χ4v) is 2.99. The Morgan fingerprint density at radius 1 is 1.12 bits per heavy atom. The molecule has 0 amide bonds. The molecule has 0 aliphatic carbocycles. The maximum absolute atomic E-state index is 9.31. The van der Waals surface area contributed by atoms with Crippen LogP contribution in [0.2, 0.25) is 19.6 Å². The third-order valence-corrected chi connectivity index (χ3v) is 3.53. The van der Waals surface area contributed by atoms with Crippen molar-refractivity contribution in [2.75, 3.05) is 0 Å². The zero-order valence-electron chi connectivity index (χ0n) is 11.6.